The number of hydrogen-bond donors (Lipinski definition) is 2. The average molecular weight is 293 g/mol. The first-order valence-electron chi connectivity index (χ1n) is 7.09. The molecule has 2 amide bonds. The second-order valence-electron chi connectivity index (χ2n) is 5.24. The van der Waals surface area contributed by atoms with E-state index in [1.54, 1.807) is 17.0 Å². The highest BCUT2D eigenvalue weighted by Crippen LogP contribution is 2.16. The first kappa shape index (κ1) is 15.3. The first-order chi connectivity index (χ1) is 10.0. The van der Waals surface area contributed by atoms with Crippen LogP contribution in [0, 0.1) is 5.82 Å². The maximum absolute atomic E-state index is 12.9. The summed E-state index contributed by atoms with van der Waals surface area (Å²) in [5.41, 5.74) is 0.845. The maximum atomic E-state index is 12.9. The Bertz CT molecular complexity index is 504. The zero-order valence-corrected chi connectivity index (χ0v) is 12.1. The lowest BCUT2D eigenvalue weighted by Crippen LogP contribution is -2.48. The summed E-state index contributed by atoms with van der Waals surface area (Å²) in [5, 5.41) is 5.83. The number of nitrogens with zero attached hydrogens (tertiary/aromatic N) is 1. The van der Waals surface area contributed by atoms with E-state index < -0.39 is 0 Å². The minimum Gasteiger partial charge on any atom is -0.381 e. The van der Waals surface area contributed by atoms with E-state index >= 15 is 0 Å². The molecule has 0 unspecified atom stereocenters. The summed E-state index contributed by atoms with van der Waals surface area (Å²) < 4.78 is 12.9. The van der Waals surface area contributed by atoms with Crippen LogP contribution in [0.15, 0.2) is 24.3 Å². The Morgan fingerprint density at radius 2 is 2.05 bits per heavy atom. The minimum atomic E-state index is -0.267. The van der Waals surface area contributed by atoms with Crippen LogP contribution in [-0.4, -0.2) is 42.4 Å². The smallest absolute Gasteiger partial charge is 0.242 e. The Labute approximate surface area is 123 Å². The highest BCUT2D eigenvalue weighted by Gasteiger charge is 2.23. The third kappa shape index (κ3) is 4.73. The van der Waals surface area contributed by atoms with E-state index in [0.29, 0.717) is 13.1 Å². The molecule has 1 aliphatic heterocycles. The van der Waals surface area contributed by atoms with Crippen LogP contribution in [0.5, 0.6) is 0 Å². The molecule has 1 heterocycles. The number of carbonyl (C=O) groups excluding carboxylic acids is 2. The van der Waals surface area contributed by atoms with Crippen LogP contribution in [0.4, 0.5) is 10.1 Å². The summed E-state index contributed by atoms with van der Waals surface area (Å²) in [7, 11) is 0. The predicted octanol–water partition coefficient (Wildman–Crippen LogP) is 1.36. The molecule has 0 saturated carbocycles. The van der Waals surface area contributed by atoms with Crippen LogP contribution in [0.3, 0.4) is 0 Å². The fourth-order valence-electron chi connectivity index (χ4n) is 2.42. The Balaban J connectivity index is 1.86. The predicted molar refractivity (Wildman–Crippen MR) is 78.3 cm³/mol. The van der Waals surface area contributed by atoms with Gasteiger partial charge in [0.05, 0.1) is 6.54 Å². The largest absolute Gasteiger partial charge is 0.381 e. The lowest BCUT2D eigenvalue weighted by molar-refractivity contribution is -0.133. The fourth-order valence-corrected chi connectivity index (χ4v) is 2.42. The molecule has 2 N–H and O–H groups in total. The number of anilines is 1. The van der Waals surface area contributed by atoms with Crippen molar-refractivity contribution in [2.24, 2.45) is 0 Å². The molecule has 0 aliphatic carbocycles. The van der Waals surface area contributed by atoms with Crippen LogP contribution < -0.4 is 10.6 Å². The highest BCUT2D eigenvalue weighted by atomic mass is 19.1. The van der Waals surface area contributed by atoms with Gasteiger partial charge in [0.2, 0.25) is 11.8 Å². The van der Waals surface area contributed by atoms with Crippen LogP contribution in [-0.2, 0) is 9.59 Å². The van der Waals surface area contributed by atoms with Crippen molar-refractivity contribution >= 4 is 17.5 Å². The molecule has 0 spiro atoms. The number of nitrogens with one attached hydrogen (secondary N) is 2. The number of rotatable bonds is 4. The zero-order chi connectivity index (χ0) is 15.2. The number of hydrogen-bond acceptors (Lipinski definition) is 3. The van der Waals surface area contributed by atoms with Gasteiger partial charge in [-0.2, -0.15) is 0 Å². The average Bonchev–Trinajstić information content (AvgIpc) is 2.47. The third-order valence-electron chi connectivity index (χ3n) is 3.48. The summed E-state index contributed by atoms with van der Waals surface area (Å²) in [5.74, 6) is -0.548. The van der Waals surface area contributed by atoms with Crippen LogP contribution in [0.1, 0.15) is 19.8 Å². The molecule has 0 aromatic heterocycles. The van der Waals surface area contributed by atoms with Gasteiger partial charge in [-0.05, 0) is 37.1 Å². The van der Waals surface area contributed by atoms with Crippen molar-refractivity contribution in [1.29, 1.82) is 0 Å². The van der Waals surface area contributed by atoms with Crippen molar-refractivity contribution in [2.75, 3.05) is 25.0 Å². The minimum absolute atomic E-state index is 0.0403. The molecule has 1 atom stereocenters. The van der Waals surface area contributed by atoms with Crippen molar-refractivity contribution < 1.29 is 14.0 Å². The maximum Gasteiger partial charge on any atom is 0.242 e. The molecule has 5 nitrogen and oxygen atoms in total. The summed E-state index contributed by atoms with van der Waals surface area (Å²) in [6, 6.07) is 6.33. The Morgan fingerprint density at radius 1 is 1.33 bits per heavy atom. The molecular weight excluding hydrogens is 273 g/mol. The Hall–Kier alpha value is -2.11. The van der Waals surface area contributed by atoms with E-state index in [1.807, 2.05) is 0 Å². The van der Waals surface area contributed by atoms with Crippen molar-refractivity contribution in [2.45, 2.75) is 25.8 Å². The van der Waals surface area contributed by atoms with E-state index in [1.165, 1.54) is 19.1 Å². The van der Waals surface area contributed by atoms with E-state index in [4.69, 9.17) is 0 Å². The number of piperidine rings is 1. The number of likely N-dealkylation sites (tertiary alicyclic amines) is 1. The van der Waals surface area contributed by atoms with Gasteiger partial charge in [0.25, 0.3) is 0 Å². The second kappa shape index (κ2) is 7.06. The van der Waals surface area contributed by atoms with Gasteiger partial charge in [0.15, 0.2) is 0 Å². The van der Waals surface area contributed by atoms with Gasteiger partial charge < -0.3 is 15.5 Å². The Kier molecular flexibility index (Phi) is 5.14. The number of halogens is 1. The van der Waals surface area contributed by atoms with E-state index in [-0.39, 0.29) is 30.2 Å². The monoisotopic (exact) mass is 293 g/mol. The summed E-state index contributed by atoms with van der Waals surface area (Å²) in [4.78, 5) is 24.6. The molecule has 0 radical (unpaired) electrons. The normalized spacial score (nSPS) is 18.2. The molecule has 1 fully saturated rings. The van der Waals surface area contributed by atoms with Crippen LogP contribution in [0.2, 0.25) is 0 Å². The molecule has 1 aliphatic rings. The molecule has 21 heavy (non-hydrogen) atoms. The summed E-state index contributed by atoms with van der Waals surface area (Å²) in [6.07, 6.45) is 1.87. The lowest BCUT2D eigenvalue weighted by Gasteiger charge is -2.33. The summed E-state index contributed by atoms with van der Waals surface area (Å²) in [6.45, 7) is 2.73. The van der Waals surface area contributed by atoms with E-state index in [2.05, 4.69) is 10.6 Å². The van der Waals surface area contributed by atoms with E-state index in [9.17, 15) is 14.0 Å². The quantitative estimate of drug-likeness (QED) is 0.881. The molecule has 6 heteroatoms. The van der Waals surface area contributed by atoms with Gasteiger partial charge >= 0.3 is 0 Å². The Morgan fingerprint density at radius 3 is 2.71 bits per heavy atom. The van der Waals surface area contributed by atoms with Crippen LogP contribution in [0.25, 0.3) is 0 Å². The van der Waals surface area contributed by atoms with Crippen molar-refractivity contribution in [1.82, 2.24) is 10.2 Å². The van der Waals surface area contributed by atoms with Gasteiger partial charge in [-0.3, -0.25) is 9.59 Å². The van der Waals surface area contributed by atoms with Gasteiger partial charge in [-0.1, -0.05) is 0 Å². The standard InChI is InChI=1S/C15H20FN3O2/c1-11(20)17-9-15(21)19-8-2-3-14(10-19)18-13-6-4-12(16)5-7-13/h4-7,14,18H,2-3,8-10H2,1H3,(H,17,20)/t14-/m0/s1. The van der Waals surface area contributed by atoms with Crippen molar-refractivity contribution in [3.63, 3.8) is 0 Å². The zero-order valence-electron chi connectivity index (χ0n) is 12.1. The number of carbonyl (C=O) groups is 2. The van der Waals surface area contributed by atoms with E-state index in [0.717, 1.165) is 18.5 Å². The second-order valence-corrected chi connectivity index (χ2v) is 5.24. The molecule has 114 valence electrons. The van der Waals surface area contributed by atoms with Gasteiger partial charge in [0, 0.05) is 31.7 Å². The lowest BCUT2D eigenvalue weighted by atomic mass is 10.1. The molecule has 1 aromatic rings. The molecule has 2 rings (SSSR count). The third-order valence-corrected chi connectivity index (χ3v) is 3.48. The topological polar surface area (TPSA) is 61.4 Å². The fraction of sp³-hybridized carbons (Fsp3) is 0.467. The number of benzene rings is 1. The SMILES string of the molecule is CC(=O)NCC(=O)N1CCC[C@H](Nc2ccc(F)cc2)C1. The van der Waals surface area contributed by atoms with Gasteiger partial charge in [-0.15, -0.1) is 0 Å². The van der Waals surface area contributed by atoms with Gasteiger partial charge in [-0.25, -0.2) is 4.39 Å². The van der Waals surface area contributed by atoms with Crippen molar-refractivity contribution in [3.8, 4) is 0 Å². The number of amides is 2. The molecular formula is C15H20FN3O2. The highest BCUT2D eigenvalue weighted by molar-refractivity contribution is 5.83. The molecule has 0 bridgehead atoms. The van der Waals surface area contributed by atoms with Crippen LogP contribution >= 0.6 is 0 Å². The summed E-state index contributed by atoms with van der Waals surface area (Å²) >= 11 is 0. The molecule has 1 saturated heterocycles. The van der Waals surface area contributed by atoms with Crippen molar-refractivity contribution in [3.05, 3.63) is 30.1 Å². The first-order valence-corrected chi connectivity index (χ1v) is 7.09. The molecule has 1 aromatic carbocycles. The van der Waals surface area contributed by atoms with Gasteiger partial charge in [0.1, 0.15) is 5.82 Å².